The minimum absolute atomic E-state index is 0.0906. The van der Waals surface area contributed by atoms with E-state index in [0.29, 0.717) is 17.7 Å². The molecule has 1 atom stereocenters. The number of hydrogen-bond acceptors (Lipinski definition) is 4. The van der Waals surface area contributed by atoms with Crippen LogP contribution in [0.4, 0.5) is 0 Å². The monoisotopic (exact) mass is 494 g/mol. The summed E-state index contributed by atoms with van der Waals surface area (Å²) in [5.41, 5.74) is 2.53. The van der Waals surface area contributed by atoms with Gasteiger partial charge < -0.3 is 9.47 Å². The fraction of sp³-hybridized carbons (Fsp3) is 0.562. The maximum atomic E-state index is 12.2. The highest BCUT2D eigenvalue weighted by Crippen LogP contribution is 2.24. The molecule has 36 heavy (non-hydrogen) atoms. The molecule has 0 aliphatic heterocycles. The van der Waals surface area contributed by atoms with Crippen LogP contribution in [-0.4, -0.2) is 18.0 Å². The lowest BCUT2D eigenvalue weighted by Gasteiger charge is -2.11. The molecular weight excluding hydrogens is 448 g/mol. The topological polar surface area (TPSA) is 52.6 Å². The Morgan fingerprint density at radius 2 is 1.14 bits per heavy atom. The average Bonchev–Trinajstić information content (AvgIpc) is 2.89. The molecule has 0 aromatic heterocycles. The third kappa shape index (κ3) is 11.9. The first-order valence-corrected chi connectivity index (χ1v) is 14.2. The molecule has 0 aliphatic rings. The molecule has 0 amide bonds. The number of ether oxygens (including phenoxy) is 2. The Balaban J connectivity index is 1.62. The van der Waals surface area contributed by atoms with Crippen LogP contribution in [0, 0.1) is 0 Å². The summed E-state index contributed by atoms with van der Waals surface area (Å²) in [7, 11) is 0. The highest BCUT2D eigenvalue weighted by atomic mass is 16.5. The van der Waals surface area contributed by atoms with Gasteiger partial charge in [-0.1, -0.05) is 109 Å². The van der Waals surface area contributed by atoms with Crippen molar-refractivity contribution in [1.82, 2.24) is 0 Å². The van der Waals surface area contributed by atoms with Gasteiger partial charge in [0.05, 0.1) is 11.7 Å². The predicted molar refractivity (Wildman–Crippen MR) is 148 cm³/mol. The number of carbonyl (C=O) groups excluding carboxylic acids is 2. The van der Waals surface area contributed by atoms with Gasteiger partial charge in [0.15, 0.2) is 0 Å². The number of esters is 2. The summed E-state index contributed by atoms with van der Waals surface area (Å²) in [6.45, 7) is 6.14. The van der Waals surface area contributed by atoms with Crippen molar-refractivity contribution in [1.29, 1.82) is 0 Å². The van der Waals surface area contributed by atoms with Gasteiger partial charge >= 0.3 is 11.9 Å². The van der Waals surface area contributed by atoms with Gasteiger partial charge in [-0.05, 0) is 55.2 Å². The smallest absolute Gasteiger partial charge is 0.338 e. The van der Waals surface area contributed by atoms with E-state index >= 15 is 0 Å². The Hall–Kier alpha value is -2.62. The highest BCUT2D eigenvalue weighted by molar-refractivity contribution is 5.90. The second-order valence-electron chi connectivity index (χ2n) is 9.84. The second kappa shape index (κ2) is 17.8. The van der Waals surface area contributed by atoms with Crippen LogP contribution in [0.25, 0.3) is 11.1 Å². The Morgan fingerprint density at radius 3 is 1.64 bits per heavy atom. The summed E-state index contributed by atoms with van der Waals surface area (Å²) in [6.07, 6.45) is 16.5. The van der Waals surface area contributed by atoms with Crippen molar-refractivity contribution in [3.8, 4) is 16.9 Å². The normalized spacial score (nSPS) is 11.8. The molecule has 0 fully saturated rings. The fourth-order valence-electron chi connectivity index (χ4n) is 4.14. The quantitative estimate of drug-likeness (QED) is 0.118. The van der Waals surface area contributed by atoms with Crippen LogP contribution in [0.15, 0.2) is 48.5 Å². The first-order valence-electron chi connectivity index (χ1n) is 14.2. The minimum atomic E-state index is -0.300. The zero-order chi connectivity index (χ0) is 26.0. The van der Waals surface area contributed by atoms with E-state index in [4.69, 9.17) is 9.47 Å². The number of carbonyl (C=O) groups is 2. The number of benzene rings is 2. The van der Waals surface area contributed by atoms with Crippen molar-refractivity contribution in [3.05, 3.63) is 54.1 Å². The number of unbranched alkanes of at least 4 members (excludes halogenated alkanes) is 11. The molecule has 2 aromatic carbocycles. The van der Waals surface area contributed by atoms with Crippen LogP contribution >= 0.6 is 0 Å². The second-order valence-corrected chi connectivity index (χ2v) is 9.84. The van der Waals surface area contributed by atoms with E-state index in [1.807, 2.05) is 50.2 Å². The summed E-state index contributed by atoms with van der Waals surface area (Å²) in [4.78, 5) is 24.3. The SMILES string of the molecule is CCCCCCCCCCCCCCC(=O)Oc1ccc(-c2ccc(C(=O)OC(C)CC)cc2)cc1. The third-order valence-corrected chi connectivity index (χ3v) is 6.66. The van der Waals surface area contributed by atoms with Gasteiger partial charge in [0.2, 0.25) is 0 Å². The Labute approximate surface area is 218 Å². The average molecular weight is 495 g/mol. The van der Waals surface area contributed by atoms with Crippen molar-refractivity contribution >= 4 is 11.9 Å². The molecule has 0 saturated carbocycles. The Morgan fingerprint density at radius 1 is 0.667 bits per heavy atom. The lowest BCUT2D eigenvalue weighted by Crippen LogP contribution is -2.13. The van der Waals surface area contributed by atoms with Gasteiger partial charge in [-0.15, -0.1) is 0 Å². The molecule has 0 radical (unpaired) electrons. The molecule has 4 nitrogen and oxygen atoms in total. The van der Waals surface area contributed by atoms with E-state index in [1.54, 1.807) is 12.1 Å². The molecule has 1 unspecified atom stereocenters. The maximum Gasteiger partial charge on any atom is 0.338 e. The van der Waals surface area contributed by atoms with E-state index < -0.39 is 0 Å². The zero-order valence-corrected chi connectivity index (χ0v) is 22.7. The first kappa shape index (κ1) is 29.6. The van der Waals surface area contributed by atoms with Gasteiger partial charge in [0, 0.05) is 6.42 Å². The van der Waals surface area contributed by atoms with Crippen LogP contribution in [0.5, 0.6) is 5.75 Å². The van der Waals surface area contributed by atoms with Crippen LogP contribution in [0.3, 0.4) is 0 Å². The summed E-state index contributed by atoms with van der Waals surface area (Å²) in [6, 6.07) is 14.9. The summed E-state index contributed by atoms with van der Waals surface area (Å²) in [5.74, 6) is 0.0989. The van der Waals surface area contributed by atoms with Gasteiger partial charge in [-0.2, -0.15) is 0 Å². The third-order valence-electron chi connectivity index (χ3n) is 6.66. The van der Waals surface area contributed by atoms with Gasteiger partial charge in [0.25, 0.3) is 0 Å². The van der Waals surface area contributed by atoms with Crippen molar-refractivity contribution in [2.45, 2.75) is 117 Å². The molecule has 198 valence electrons. The number of rotatable bonds is 18. The predicted octanol–water partition coefficient (Wildman–Crippen LogP) is 9.31. The lowest BCUT2D eigenvalue weighted by atomic mass is 10.0. The van der Waals surface area contributed by atoms with E-state index in [9.17, 15) is 9.59 Å². The van der Waals surface area contributed by atoms with E-state index in [-0.39, 0.29) is 18.0 Å². The molecule has 4 heteroatoms. The minimum Gasteiger partial charge on any atom is -0.459 e. The van der Waals surface area contributed by atoms with Crippen LogP contribution < -0.4 is 4.74 Å². The standard InChI is InChI=1S/C32H46O4/c1-4-6-7-8-9-10-11-12-13-14-15-16-17-31(33)36-30-24-22-28(23-25-30)27-18-20-29(21-19-27)32(34)35-26(3)5-2/h18-26H,4-17H2,1-3H3. The molecule has 2 rings (SSSR count). The molecule has 0 aliphatic carbocycles. The summed E-state index contributed by atoms with van der Waals surface area (Å²) in [5, 5.41) is 0. The van der Waals surface area contributed by atoms with Crippen molar-refractivity contribution in [3.63, 3.8) is 0 Å². The molecule has 2 aromatic rings. The van der Waals surface area contributed by atoms with Crippen LogP contribution in [0.2, 0.25) is 0 Å². The van der Waals surface area contributed by atoms with E-state index in [0.717, 1.165) is 30.4 Å². The molecular formula is C32H46O4. The molecule has 0 bridgehead atoms. The van der Waals surface area contributed by atoms with E-state index in [1.165, 1.54) is 64.2 Å². The van der Waals surface area contributed by atoms with Crippen molar-refractivity contribution in [2.75, 3.05) is 0 Å². The summed E-state index contributed by atoms with van der Waals surface area (Å²) < 4.78 is 10.9. The lowest BCUT2D eigenvalue weighted by molar-refractivity contribution is -0.134. The van der Waals surface area contributed by atoms with Gasteiger partial charge in [-0.3, -0.25) is 4.79 Å². The van der Waals surface area contributed by atoms with Crippen molar-refractivity contribution < 1.29 is 19.1 Å². The fourth-order valence-corrected chi connectivity index (χ4v) is 4.14. The Bertz CT molecular complexity index is 870. The Kier molecular flexibility index (Phi) is 14.6. The number of hydrogen-bond donors (Lipinski definition) is 0. The molecule has 0 heterocycles. The largest absolute Gasteiger partial charge is 0.459 e. The molecule has 0 spiro atoms. The molecule has 0 saturated heterocycles. The van der Waals surface area contributed by atoms with E-state index in [2.05, 4.69) is 6.92 Å². The maximum absolute atomic E-state index is 12.2. The first-order chi connectivity index (χ1) is 17.5. The molecule has 0 N–H and O–H groups in total. The van der Waals surface area contributed by atoms with Crippen LogP contribution in [0.1, 0.15) is 121 Å². The van der Waals surface area contributed by atoms with Gasteiger partial charge in [0.1, 0.15) is 5.75 Å². The van der Waals surface area contributed by atoms with Crippen LogP contribution in [-0.2, 0) is 9.53 Å². The zero-order valence-electron chi connectivity index (χ0n) is 22.7. The summed E-state index contributed by atoms with van der Waals surface area (Å²) >= 11 is 0. The highest BCUT2D eigenvalue weighted by Gasteiger charge is 2.11. The van der Waals surface area contributed by atoms with Gasteiger partial charge in [-0.25, -0.2) is 4.79 Å². The van der Waals surface area contributed by atoms with Crippen molar-refractivity contribution in [2.24, 2.45) is 0 Å².